The van der Waals surface area contributed by atoms with Crippen molar-refractivity contribution in [1.29, 1.82) is 5.41 Å². The first kappa shape index (κ1) is 17.8. The Hall–Kier alpha value is -3.03. The summed E-state index contributed by atoms with van der Waals surface area (Å²) in [4.78, 5) is 16.4. The molecule has 0 aliphatic rings. The van der Waals surface area contributed by atoms with Crippen molar-refractivity contribution in [3.05, 3.63) is 58.7 Å². The molecule has 0 saturated carbocycles. The predicted octanol–water partition coefficient (Wildman–Crippen LogP) is 3.04. The second-order valence-electron chi connectivity index (χ2n) is 5.72. The van der Waals surface area contributed by atoms with Gasteiger partial charge in [-0.2, -0.15) is 0 Å². The summed E-state index contributed by atoms with van der Waals surface area (Å²) in [5, 5.41) is 8.51. The molecule has 8 heteroatoms. The summed E-state index contributed by atoms with van der Waals surface area (Å²) in [6.07, 6.45) is 0. The van der Waals surface area contributed by atoms with Gasteiger partial charge in [0.25, 0.3) is 5.91 Å². The van der Waals surface area contributed by atoms with Crippen LogP contribution in [0.15, 0.2) is 42.5 Å². The van der Waals surface area contributed by atoms with Gasteiger partial charge >= 0.3 is 0 Å². The molecule has 1 aromatic heterocycles. The number of H-pyrrole nitrogens is 1. The first-order valence-corrected chi connectivity index (χ1v) is 8.18. The van der Waals surface area contributed by atoms with Crippen LogP contribution in [0.1, 0.15) is 16.1 Å². The normalized spacial score (nSPS) is 10.7. The van der Waals surface area contributed by atoms with Gasteiger partial charge in [0, 0.05) is 19.0 Å². The maximum Gasteiger partial charge on any atom is 0.276 e. The summed E-state index contributed by atoms with van der Waals surface area (Å²) in [5.74, 6) is 0.364. The number of hydrogen-bond acceptors (Lipinski definition) is 4. The van der Waals surface area contributed by atoms with E-state index in [1.54, 1.807) is 18.2 Å². The van der Waals surface area contributed by atoms with Gasteiger partial charge < -0.3 is 21.2 Å². The van der Waals surface area contributed by atoms with E-state index in [1.807, 2.05) is 24.3 Å². The van der Waals surface area contributed by atoms with Crippen molar-refractivity contribution in [2.75, 3.05) is 7.05 Å². The zero-order chi connectivity index (χ0) is 18.8. The van der Waals surface area contributed by atoms with Gasteiger partial charge in [0.15, 0.2) is 11.7 Å². The number of ether oxygens (including phenoxy) is 1. The molecule has 2 aromatic carbocycles. The average molecular weight is 372 g/mol. The minimum atomic E-state index is -0.442. The molecule has 6 N–H and O–H groups in total. The highest BCUT2D eigenvalue weighted by atomic mass is 35.5. The molecule has 0 spiro atoms. The van der Waals surface area contributed by atoms with Crippen molar-refractivity contribution in [2.24, 2.45) is 11.5 Å². The highest BCUT2D eigenvalue weighted by Crippen LogP contribution is 2.34. The van der Waals surface area contributed by atoms with Crippen LogP contribution in [-0.4, -0.2) is 28.8 Å². The van der Waals surface area contributed by atoms with E-state index < -0.39 is 5.91 Å². The van der Waals surface area contributed by atoms with Gasteiger partial charge in [0.05, 0.1) is 10.5 Å². The number of benzene rings is 2. The number of amides is 1. The summed E-state index contributed by atoms with van der Waals surface area (Å²) >= 11 is 6.25. The van der Waals surface area contributed by atoms with E-state index in [2.05, 4.69) is 4.98 Å². The minimum Gasteiger partial charge on any atom is -0.455 e. The summed E-state index contributed by atoms with van der Waals surface area (Å²) in [5.41, 5.74) is 12.8. The van der Waals surface area contributed by atoms with Gasteiger partial charge in [-0.3, -0.25) is 15.1 Å². The topological polar surface area (TPSA) is 121 Å². The molecule has 0 aliphatic heterocycles. The van der Waals surface area contributed by atoms with Gasteiger partial charge in [-0.25, -0.2) is 0 Å². The van der Waals surface area contributed by atoms with Gasteiger partial charge in [0.2, 0.25) is 0 Å². The zero-order valence-corrected chi connectivity index (χ0v) is 14.8. The third kappa shape index (κ3) is 3.35. The Morgan fingerprint density at radius 1 is 1.27 bits per heavy atom. The maximum atomic E-state index is 12.4. The molecule has 0 atom stereocenters. The number of nitrogens with two attached hydrogens (primary N) is 2. The largest absolute Gasteiger partial charge is 0.455 e. The van der Waals surface area contributed by atoms with Crippen molar-refractivity contribution in [3.8, 4) is 11.5 Å². The summed E-state index contributed by atoms with van der Waals surface area (Å²) in [6, 6.07) is 12.4. The lowest BCUT2D eigenvalue weighted by Crippen LogP contribution is -2.38. The fourth-order valence-electron chi connectivity index (χ4n) is 2.47. The molecule has 0 aliphatic carbocycles. The van der Waals surface area contributed by atoms with Crippen molar-refractivity contribution in [3.63, 3.8) is 0 Å². The van der Waals surface area contributed by atoms with Crippen LogP contribution < -0.4 is 16.2 Å². The quantitative estimate of drug-likeness (QED) is 0.416. The van der Waals surface area contributed by atoms with Crippen LogP contribution in [0.4, 0.5) is 0 Å². The number of aromatic amines is 1. The third-order valence-corrected chi connectivity index (χ3v) is 4.32. The number of nitrogens with one attached hydrogen (secondary N) is 2. The van der Waals surface area contributed by atoms with Crippen LogP contribution in [0, 0.1) is 5.41 Å². The summed E-state index contributed by atoms with van der Waals surface area (Å²) in [7, 11) is 1.42. The lowest BCUT2D eigenvalue weighted by Gasteiger charge is -2.12. The van der Waals surface area contributed by atoms with Crippen LogP contribution in [0.5, 0.6) is 11.5 Å². The minimum absolute atomic E-state index is 0.258. The van der Waals surface area contributed by atoms with Crippen molar-refractivity contribution < 1.29 is 9.53 Å². The van der Waals surface area contributed by atoms with Gasteiger partial charge in [-0.1, -0.05) is 23.7 Å². The molecule has 0 radical (unpaired) electrons. The zero-order valence-electron chi connectivity index (χ0n) is 14.0. The molecule has 134 valence electrons. The number of fused-ring (bicyclic) bond motifs is 1. The van der Waals surface area contributed by atoms with Crippen LogP contribution in [-0.2, 0) is 6.54 Å². The second kappa shape index (κ2) is 7.07. The Labute approximate surface area is 155 Å². The molecule has 1 heterocycles. The van der Waals surface area contributed by atoms with E-state index in [4.69, 9.17) is 33.2 Å². The van der Waals surface area contributed by atoms with E-state index in [1.165, 1.54) is 7.05 Å². The second-order valence-corrected chi connectivity index (χ2v) is 6.12. The Kier molecular flexibility index (Phi) is 4.83. The fourth-order valence-corrected chi connectivity index (χ4v) is 2.68. The molecule has 0 saturated heterocycles. The van der Waals surface area contributed by atoms with Gasteiger partial charge in [-0.15, -0.1) is 0 Å². The van der Waals surface area contributed by atoms with E-state index in [0.717, 1.165) is 10.5 Å². The molecule has 1 amide bonds. The smallest absolute Gasteiger partial charge is 0.276 e. The Morgan fingerprint density at radius 3 is 2.58 bits per heavy atom. The van der Waals surface area contributed by atoms with E-state index in [9.17, 15) is 4.79 Å². The molecule has 0 unspecified atom stereocenters. The highest BCUT2D eigenvalue weighted by Gasteiger charge is 2.19. The maximum absolute atomic E-state index is 12.4. The number of carbonyl (C=O) groups is 1. The third-order valence-electron chi connectivity index (χ3n) is 3.99. The summed E-state index contributed by atoms with van der Waals surface area (Å²) in [6.45, 7) is 0.456. The first-order valence-electron chi connectivity index (χ1n) is 7.81. The van der Waals surface area contributed by atoms with Crippen molar-refractivity contribution in [2.45, 2.75) is 6.54 Å². The van der Waals surface area contributed by atoms with Crippen LogP contribution in [0.25, 0.3) is 10.9 Å². The number of nitrogens with zero attached hydrogens (tertiary/aromatic N) is 1. The van der Waals surface area contributed by atoms with Crippen molar-refractivity contribution in [1.82, 2.24) is 9.88 Å². The molecule has 7 nitrogen and oxygen atoms in total. The molecule has 3 aromatic rings. The van der Waals surface area contributed by atoms with E-state index in [0.29, 0.717) is 34.0 Å². The molecule has 3 rings (SSSR count). The number of carbonyl (C=O) groups excluding carboxylic acids is 1. The van der Waals surface area contributed by atoms with E-state index in [-0.39, 0.29) is 11.7 Å². The molecular weight excluding hydrogens is 354 g/mol. The van der Waals surface area contributed by atoms with Gasteiger partial charge in [-0.05, 0) is 35.9 Å². The molecule has 0 fully saturated rings. The lowest BCUT2D eigenvalue weighted by atomic mass is 10.2. The van der Waals surface area contributed by atoms with Crippen molar-refractivity contribution >= 4 is 34.4 Å². The molecular formula is C18H18ClN5O2. The summed E-state index contributed by atoms with van der Waals surface area (Å²) < 4.78 is 5.92. The number of halogens is 1. The number of guanidine groups is 1. The first-order chi connectivity index (χ1) is 12.4. The highest BCUT2D eigenvalue weighted by molar-refractivity contribution is 6.35. The molecule has 0 bridgehead atoms. The fraction of sp³-hybridized carbons (Fsp3) is 0.111. The van der Waals surface area contributed by atoms with Gasteiger partial charge in [0.1, 0.15) is 11.4 Å². The standard InChI is InChI=1S/C18H18ClN5O2/c1-24(18(21)22)17(25)14-8-12-13(19)6-7-15(16(12)23-14)26-11-4-2-10(9-20)3-5-11/h2-8,23H,9,20H2,1H3,(H3,21,22). The monoisotopic (exact) mass is 371 g/mol. The number of hydrogen-bond donors (Lipinski definition) is 4. The number of rotatable bonds is 4. The average Bonchev–Trinajstić information content (AvgIpc) is 3.10. The van der Waals surface area contributed by atoms with E-state index >= 15 is 0 Å². The Morgan fingerprint density at radius 2 is 1.96 bits per heavy atom. The SMILES string of the molecule is CN(C(=N)N)C(=O)c1cc2c(Cl)ccc(Oc3ccc(CN)cc3)c2[nH]1. The predicted molar refractivity (Wildman–Crippen MR) is 102 cm³/mol. The lowest BCUT2D eigenvalue weighted by molar-refractivity contribution is 0.0864. The number of aromatic nitrogens is 1. The Balaban J connectivity index is 1.99. The van der Waals surface area contributed by atoms with Crippen LogP contribution >= 0.6 is 11.6 Å². The molecule has 26 heavy (non-hydrogen) atoms. The van der Waals surface area contributed by atoms with Crippen LogP contribution in [0.2, 0.25) is 5.02 Å². The Bertz CT molecular complexity index is 981. The van der Waals surface area contributed by atoms with Crippen LogP contribution in [0.3, 0.4) is 0 Å².